The van der Waals surface area contributed by atoms with Gasteiger partial charge in [-0.05, 0) is 57.0 Å². The molecule has 19 heavy (non-hydrogen) atoms. The fraction of sp³-hybridized carbons (Fsp3) is 0.533. The Morgan fingerprint density at radius 3 is 2.53 bits per heavy atom. The molecule has 1 amide bonds. The van der Waals surface area contributed by atoms with Gasteiger partial charge in [-0.1, -0.05) is 12.1 Å². The highest BCUT2D eigenvalue weighted by Gasteiger charge is 2.11. The van der Waals surface area contributed by atoms with Crippen molar-refractivity contribution in [1.82, 2.24) is 4.90 Å². The SMILES string of the molecule is CC(N)C(=O)Nc1ccc(CCN2CCCC2)cc1. The van der Waals surface area contributed by atoms with Crippen molar-refractivity contribution < 1.29 is 4.79 Å². The standard InChI is InChI=1S/C15H23N3O/c1-12(16)15(19)17-14-6-4-13(5-7-14)8-11-18-9-2-3-10-18/h4-7,12H,2-3,8-11,16H2,1H3,(H,17,19). The number of hydrogen-bond donors (Lipinski definition) is 2. The highest BCUT2D eigenvalue weighted by molar-refractivity contribution is 5.94. The van der Waals surface area contributed by atoms with Crippen molar-refractivity contribution >= 4 is 11.6 Å². The Labute approximate surface area is 115 Å². The second-order valence-corrected chi connectivity index (χ2v) is 5.27. The summed E-state index contributed by atoms with van der Waals surface area (Å²) >= 11 is 0. The molecule has 4 heteroatoms. The van der Waals surface area contributed by atoms with Crippen molar-refractivity contribution in [1.29, 1.82) is 0 Å². The lowest BCUT2D eigenvalue weighted by molar-refractivity contribution is -0.117. The molecule has 1 aliphatic heterocycles. The number of amides is 1. The molecule has 1 aliphatic rings. The Hall–Kier alpha value is -1.39. The van der Waals surface area contributed by atoms with Crippen LogP contribution in [0.1, 0.15) is 25.3 Å². The molecule has 0 bridgehead atoms. The maximum Gasteiger partial charge on any atom is 0.240 e. The smallest absolute Gasteiger partial charge is 0.240 e. The van der Waals surface area contributed by atoms with Crippen LogP contribution in [-0.2, 0) is 11.2 Å². The van der Waals surface area contributed by atoms with Crippen molar-refractivity contribution in [2.75, 3.05) is 25.0 Å². The van der Waals surface area contributed by atoms with Gasteiger partial charge in [0.1, 0.15) is 0 Å². The molecule has 1 aromatic carbocycles. The Bertz CT molecular complexity index is 408. The molecule has 0 aromatic heterocycles. The fourth-order valence-electron chi connectivity index (χ4n) is 2.30. The van der Waals surface area contributed by atoms with Crippen LogP contribution >= 0.6 is 0 Å². The Morgan fingerprint density at radius 1 is 1.32 bits per heavy atom. The molecule has 104 valence electrons. The maximum atomic E-state index is 11.5. The highest BCUT2D eigenvalue weighted by Crippen LogP contribution is 2.12. The molecule has 2 rings (SSSR count). The number of rotatable bonds is 5. The van der Waals surface area contributed by atoms with Gasteiger partial charge in [0.15, 0.2) is 0 Å². The van der Waals surface area contributed by atoms with E-state index in [0.717, 1.165) is 18.7 Å². The summed E-state index contributed by atoms with van der Waals surface area (Å²) in [6, 6.07) is 7.56. The first-order valence-electron chi connectivity index (χ1n) is 7.03. The molecule has 1 fully saturated rings. The van der Waals surface area contributed by atoms with E-state index in [9.17, 15) is 4.79 Å². The van der Waals surface area contributed by atoms with E-state index in [0.29, 0.717) is 0 Å². The van der Waals surface area contributed by atoms with Crippen molar-refractivity contribution in [2.24, 2.45) is 5.73 Å². The van der Waals surface area contributed by atoms with Crippen molar-refractivity contribution in [3.63, 3.8) is 0 Å². The summed E-state index contributed by atoms with van der Waals surface area (Å²) in [6.45, 7) is 5.29. The van der Waals surface area contributed by atoms with E-state index in [1.807, 2.05) is 12.1 Å². The number of likely N-dealkylation sites (tertiary alicyclic amines) is 1. The molecule has 3 N–H and O–H groups in total. The lowest BCUT2D eigenvalue weighted by Gasteiger charge is -2.14. The molecule has 1 unspecified atom stereocenters. The highest BCUT2D eigenvalue weighted by atomic mass is 16.2. The largest absolute Gasteiger partial charge is 0.325 e. The second-order valence-electron chi connectivity index (χ2n) is 5.27. The first-order chi connectivity index (χ1) is 9.15. The number of hydrogen-bond acceptors (Lipinski definition) is 3. The van der Waals surface area contributed by atoms with Crippen LogP contribution in [-0.4, -0.2) is 36.5 Å². The lowest BCUT2D eigenvalue weighted by Crippen LogP contribution is -2.32. The van der Waals surface area contributed by atoms with Crippen LogP contribution in [0.15, 0.2) is 24.3 Å². The zero-order valence-corrected chi connectivity index (χ0v) is 11.6. The topological polar surface area (TPSA) is 58.4 Å². The van der Waals surface area contributed by atoms with E-state index in [1.165, 1.54) is 31.5 Å². The third-order valence-corrected chi connectivity index (χ3v) is 3.55. The number of nitrogens with two attached hydrogens (primary N) is 1. The molecule has 1 aromatic rings. The monoisotopic (exact) mass is 261 g/mol. The molecule has 1 atom stereocenters. The number of benzene rings is 1. The summed E-state index contributed by atoms with van der Waals surface area (Å²) in [5.41, 5.74) is 7.64. The number of nitrogens with one attached hydrogen (secondary N) is 1. The van der Waals surface area contributed by atoms with Gasteiger partial charge in [0.2, 0.25) is 5.91 Å². The van der Waals surface area contributed by atoms with E-state index < -0.39 is 6.04 Å². The van der Waals surface area contributed by atoms with Gasteiger partial charge >= 0.3 is 0 Å². The lowest BCUT2D eigenvalue weighted by atomic mass is 10.1. The average molecular weight is 261 g/mol. The van der Waals surface area contributed by atoms with Gasteiger partial charge in [0.05, 0.1) is 6.04 Å². The average Bonchev–Trinajstić information content (AvgIpc) is 2.91. The van der Waals surface area contributed by atoms with E-state index in [4.69, 9.17) is 5.73 Å². The molecule has 0 spiro atoms. The van der Waals surface area contributed by atoms with Gasteiger partial charge in [-0.25, -0.2) is 0 Å². The minimum atomic E-state index is -0.477. The number of anilines is 1. The van der Waals surface area contributed by atoms with Gasteiger partial charge in [0.25, 0.3) is 0 Å². The zero-order chi connectivity index (χ0) is 13.7. The van der Waals surface area contributed by atoms with Crippen LogP contribution in [0.5, 0.6) is 0 Å². The van der Waals surface area contributed by atoms with Gasteiger partial charge in [0, 0.05) is 12.2 Å². The Morgan fingerprint density at radius 2 is 1.95 bits per heavy atom. The summed E-state index contributed by atoms with van der Waals surface area (Å²) in [5.74, 6) is -0.148. The van der Waals surface area contributed by atoms with E-state index in [2.05, 4.69) is 22.3 Å². The molecule has 1 saturated heterocycles. The number of carbonyl (C=O) groups excluding carboxylic acids is 1. The molecule has 1 heterocycles. The van der Waals surface area contributed by atoms with Crippen LogP contribution in [0.3, 0.4) is 0 Å². The van der Waals surface area contributed by atoms with Crippen LogP contribution in [0, 0.1) is 0 Å². The quantitative estimate of drug-likeness (QED) is 0.846. The molecular weight excluding hydrogens is 238 g/mol. The predicted octanol–water partition coefficient (Wildman–Crippen LogP) is 1.61. The predicted molar refractivity (Wildman–Crippen MR) is 78.1 cm³/mol. The van der Waals surface area contributed by atoms with Gasteiger partial charge in [-0.3, -0.25) is 4.79 Å². The number of nitrogens with zero attached hydrogens (tertiary/aromatic N) is 1. The fourth-order valence-corrected chi connectivity index (χ4v) is 2.30. The first kappa shape index (κ1) is 14.0. The summed E-state index contributed by atoms with van der Waals surface area (Å²) in [7, 11) is 0. The van der Waals surface area contributed by atoms with Crippen LogP contribution < -0.4 is 11.1 Å². The number of carbonyl (C=O) groups is 1. The van der Waals surface area contributed by atoms with Crippen molar-refractivity contribution in [3.05, 3.63) is 29.8 Å². The molecule has 4 nitrogen and oxygen atoms in total. The van der Waals surface area contributed by atoms with E-state index in [1.54, 1.807) is 6.92 Å². The Kier molecular flexibility index (Phi) is 4.93. The molecular formula is C15H23N3O. The van der Waals surface area contributed by atoms with E-state index in [-0.39, 0.29) is 5.91 Å². The van der Waals surface area contributed by atoms with Crippen LogP contribution in [0.2, 0.25) is 0 Å². The molecule has 0 radical (unpaired) electrons. The third kappa shape index (κ3) is 4.33. The Balaban J connectivity index is 1.82. The third-order valence-electron chi connectivity index (χ3n) is 3.55. The second kappa shape index (κ2) is 6.68. The molecule has 0 saturated carbocycles. The van der Waals surface area contributed by atoms with Crippen LogP contribution in [0.25, 0.3) is 0 Å². The molecule has 0 aliphatic carbocycles. The van der Waals surface area contributed by atoms with Crippen LogP contribution in [0.4, 0.5) is 5.69 Å². The van der Waals surface area contributed by atoms with E-state index >= 15 is 0 Å². The van der Waals surface area contributed by atoms with Gasteiger partial charge < -0.3 is 16.0 Å². The van der Waals surface area contributed by atoms with Crippen molar-refractivity contribution in [3.8, 4) is 0 Å². The first-order valence-corrected chi connectivity index (χ1v) is 7.03. The minimum absolute atomic E-state index is 0.148. The van der Waals surface area contributed by atoms with Gasteiger partial charge in [-0.2, -0.15) is 0 Å². The summed E-state index contributed by atoms with van der Waals surface area (Å²) in [5, 5.41) is 2.79. The minimum Gasteiger partial charge on any atom is -0.325 e. The van der Waals surface area contributed by atoms with Crippen molar-refractivity contribution in [2.45, 2.75) is 32.2 Å². The normalized spacial score (nSPS) is 17.4. The summed E-state index contributed by atoms with van der Waals surface area (Å²) in [4.78, 5) is 14.0. The van der Waals surface area contributed by atoms with Gasteiger partial charge in [-0.15, -0.1) is 0 Å². The zero-order valence-electron chi connectivity index (χ0n) is 11.6. The summed E-state index contributed by atoms with van der Waals surface area (Å²) in [6.07, 6.45) is 3.74. The maximum absolute atomic E-state index is 11.5. The summed E-state index contributed by atoms with van der Waals surface area (Å²) < 4.78 is 0.